The molecule has 0 heterocycles. The largest absolute Gasteiger partial charge is 0.493 e. The highest BCUT2D eigenvalue weighted by molar-refractivity contribution is 6.30. The topological polar surface area (TPSA) is 30.5 Å². The molecule has 0 bridgehead atoms. The molecule has 3 rings (SSSR count). The minimum absolute atomic E-state index is 0.251. The van der Waals surface area contributed by atoms with Crippen LogP contribution in [0.5, 0.6) is 11.5 Å². The van der Waals surface area contributed by atoms with Gasteiger partial charge in [0.2, 0.25) is 0 Å². The average Bonchev–Trinajstić information content (AvgIpc) is 2.67. The molecule has 0 aliphatic carbocycles. The van der Waals surface area contributed by atoms with Gasteiger partial charge in [0.15, 0.2) is 11.5 Å². The van der Waals surface area contributed by atoms with Gasteiger partial charge in [-0.1, -0.05) is 29.8 Å². The van der Waals surface area contributed by atoms with Crippen molar-refractivity contribution in [3.8, 4) is 11.5 Å². The van der Waals surface area contributed by atoms with Crippen molar-refractivity contribution in [2.45, 2.75) is 13.2 Å². The third kappa shape index (κ3) is 4.90. The number of rotatable bonds is 7. The molecule has 5 heteroatoms. The summed E-state index contributed by atoms with van der Waals surface area (Å²) >= 11 is 5.89. The first-order valence-corrected chi connectivity index (χ1v) is 8.55. The van der Waals surface area contributed by atoms with Crippen molar-refractivity contribution >= 4 is 17.3 Å². The van der Waals surface area contributed by atoms with Crippen molar-refractivity contribution in [2.75, 3.05) is 12.4 Å². The van der Waals surface area contributed by atoms with Gasteiger partial charge in [0.1, 0.15) is 12.4 Å². The number of benzene rings is 3. The van der Waals surface area contributed by atoms with Crippen LogP contribution in [0.3, 0.4) is 0 Å². The standard InChI is InChI=1S/C21H19ClFNO2/c1-25-21-12-16(13-24-19-9-7-18(23)8-10-19)4-11-20(21)26-14-15-2-5-17(22)6-3-15/h2-12,24H,13-14H2,1H3. The molecule has 134 valence electrons. The molecule has 0 atom stereocenters. The highest BCUT2D eigenvalue weighted by Crippen LogP contribution is 2.29. The minimum atomic E-state index is -0.251. The zero-order valence-corrected chi connectivity index (χ0v) is 15.1. The second kappa shape index (κ2) is 8.59. The second-order valence-corrected chi connectivity index (χ2v) is 6.20. The molecule has 0 radical (unpaired) electrons. The van der Waals surface area contributed by atoms with Crippen LogP contribution in [0.25, 0.3) is 0 Å². The lowest BCUT2D eigenvalue weighted by Gasteiger charge is -2.13. The molecule has 3 aromatic rings. The third-order valence-electron chi connectivity index (χ3n) is 3.88. The Kier molecular flexibility index (Phi) is 5.97. The number of halogens is 2. The molecule has 0 spiro atoms. The lowest BCUT2D eigenvalue weighted by molar-refractivity contribution is 0.284. The zero-order chi connectivity index (χ0) is 18.4. The number of ether oxygens (including phenoxy) is 2. The molecule has 0 fully saturated rings. The number of anilines is 1. The third-order valence-corrected chi connectivity index (χ3v) is 4.13. The first-order valence-electron chi connectivity index (χ1n) is 8.17. The van der Waals surface area contributed by atoms with Crippen LogP contribution in [-0.4, -0.2) is 7.11 Å². The lowest BCUT2D eigenvalue weighted by Crippen LogP contribution is -2.02. The van der Waals surface area contributed by atoms with Crippen LogP contribution in [0.1, 0.15) is 11.1 Å². The van der Waals surface area contributed by atoms with Gasteiger partial charge >= 0.3 is 0 Å². The SMILES string of the molecule is COc1cc(CNc2ccc(F)cc2)ccc1OCc1ccc(Cl)cc1. The number of methoxy groups -OCH3 is 1. The van der Waals surface area contributed by atoms with E-state index in [1.165, 1.54) is 12.1 Å². The van der Waals surface area contributed by atoms with Crippen molar-refractivity contribution in [3.05, 3.63) is 88.7 Å². The minimum Gasteiger partial charge on any atom is -0.493 e. The highest BCUT2D eigenvalue weighted by Gasteiger charge is 2.07. The fourth-order valence-electron chi connectivity index (χ4n) is 2.45. The highest BCUT2D eigenvalue weighted by atomic mass is 35.5. The summed E-state index contributed by atoms with van der Waals surface area (Å²) in [5.74, 6) is 1.09. The molecule has 3 nitrogen and oxygen atoms in total. The predicted octanol–water partition coefficient (Wildman–Crippen LogP) is 5.68. The summed E-state index contributed by atoms with van der Waals surface area (Å²) in [7, 11) is 1.61. The quantitative estimate of drug-likeness (QED) is 0.579. The maximum Gasteiger partial charge on any atom is 0.161 e. The van der Waals surface area contributed by atoms with E-state index in [1.54, 1.807) is 19.2 Å². The summed E-state index contributed by atoms with van der Waals surface area (Å²) in [6.45, 7) is 1.03. The molecule has 0 unspecified atom stereocenters. The Labute approximate surface area is 157 Å². The van der Waals surface area contributed by atoms with E-state index in [4.69, 9.17) is 21.1 Å². The normalized spacial score (nSPS) is 10.4. The number of nitrogens with one attached hydrogen (secondary N) is 1. The molecule has 0 amide bonds. The van der Waals surface area contributed by atoms with Gasteiger partial charge in [0, 0.05) is 17.3 Å². The van der Waals surface area contributed by atoms with Crippen LogP contribution in [0.15, 0.2) is 66.7 Å². The number of hydrogen-bond acceptors (Lipinski definition) is 3. The van der Waals surface area contributed by atoms with Gasteiger partial charge in [-0.15, -0.1) is 0 Å². The van der Waals surface area contributed by atoms with E-state index in [2.05, 4.69) is 5.32 Å². The summed E-state index contributed by atoms with van der Waals surface area (Å²) in [6, 6.07) is 19.6. The molecule has 0 saturated heterocycles. The van der Waals surface area contributed by atoms with Crippen LogP contribution in [0, 0.1) is 5.82 Å². The Morgan fingerprint density at radius 2 is 1.58 bits per heavy atom. The Hall–Kier alpha value is -2.72. The van der Waals surface area contributed by atoms with E-state index < -0.39 is 0 Å². The summed E-state index contributed by atoms with van der Waals surface area (Å²) < 4.78 is 24.2. The Morgan fingerprint density at radius 1 is 0.885 bits per heavy atom. The van der Waals surface area contributed by atoms with Crippen molar-refractivity contribution in [3.63, 3.8) is 0 Å². The summed E-state index contributed by atoms with van der Waals surface area (Å²) in [5, 5.41) is 3.94. The summed E-state index contributed by atoms with van der Waals surface area (Å²) in [4.78, 5) is 0. The fraction of sp³-hybridized carbons (Fsp3) is 0.143. The maximum atomic E-state index is 12.9. The molecule has 0 aliphatic rings. The monoisotopic (exact) mass is 371 g/mol. The van der Waals surface area contributed by atoms with Gasteiger partial charge in [0.25, 0.3) is 0 Å². The van der Waals surface area contributed by atoms with Crippen LogP contribution in [-0.2, 0) is 13.2 Å². The van der Waals surface area contributed by atoms with E-state index in [0.717, 1.165) is 16.8 Å². The van der Waals surface area contributed by atoms with Gasteiger partial charge in [-0.25, -0.2) is 4.39 Å². The molecule has 26 heavy (non-hydrogen) atoms. The van der Waals surface area contributed by atoms with Crippen LogP contribution < -0.4 is 14.8 Å². The smallest absolute Gasteiger partial charge is 0.161 e. The molecule has 0 aliphatic heterocycles. The zero-order valence-electron chi connectivity index (χ0n) is 14.3. The average molecular weight is 372 g/mol. The Bertz CT molecular complexity index is 851. The van der Waals surface area contributed by atoms with Gasteiger partial charge in [0.05, 0.1) is 7.11 Å². The van der Waals surface area contributed by atoms with E-state index >= 15 is 0 Å². The summed E-state index contributed by atoms with van der Waals surface area (Å²) in [5.41, 5.74) is 2.91. The van der Waals surface area contributed by atoms with Gasteiger partial charge < -0.3 is 14.8 Å². The maximum absolute atomic E-state index is 12.9. The van der Waals surface area contributed by atoms with Gasteiger partial charge in [-0.05, 0) is 59.7 Å². The second-order valence-electron chi connectivity index (χ2n) is 5.76. The van der Waals surface area contributed by atoms with E-state index in [-0.39, 0.29) is 5.82 Å². The molecule has 0 aromatic heterocycles. The van der Waals surface area contributed by atoms with Crippen molar-refractivity contribution < 1.29 is 13.9 Å². The van der Waals surface area contributed by atoms with E-state index in [0.29, 0.717) is 29.7 Å². The predicted molar refractivity (Wildman–Crippen MR) is 103 cm³/mol. The molecule has 3 aromatic carbocycles. The van der Waals surface area contributed by atoms with E-state index in [9.17, 15) is 4.39 Å². The Balaban J connectivity index is 1.63. The lowest BCUT2D eigenvalue weighted by atomic mass is 10.2. The first kappa shape index (κ1) is 18.1. The van der Waals surface area contributed by atoms with Crippen LogP contribution in [0.4, 0.5) is 10.1 Å². The van der Waals surface area contributed by atoms with Crippen LogP contribution >= 0.6 is 11.6 Å². The number of hydrogen-bond donors (Lipinski definition) is 1. The van der Waals surface area contributed by atoms with Crippen molar-refractivity contribution in [1.29, 1.82) is 0 Å². The fourth-order valence-corrected chi connectivity index (χ4v) is 2.58. The molecule has 1 N–H and O–H groups in total. The van der Waals surface area contributed by atoms with Crippen molar-refractivity contribution in [2.24, 2.45) is 0 Å². The van der Waals surface area contributed by atoms with Gasteiger partial charge in [-0.2, -0.15) is 0 Å². The van der Waals surface area contributed by atoms with E-state index in [1.807, 2.05) is 42.5 Å². The van der Waals surface area contributed by atoms with Crippen molar-refractivity contribution in [1.82, 2.24) is 0 Å². The first-order chi connectivity index (χ1) is 12.6. The molecular formula is C21H19ClFNO2. The Morgan fingerprint density at radius 3 is 2.27 bits per heavy atom. The molecular weight excluding hydrogens is 353 g/mol. The van der Waals surface area contributed by atoms with Gasteiger partial charge in [-0.3, -0.25) is 0 Å². The van der Waals surface area contributed by atoms with Crippen LogP contribution in [0.2, 0.25) is 5.02 Å². The summed E-state index contributed by atoms with van der Waals surface area (Å²) in [6.07, 6.45) is 0. The molecule has 0 saturated carbocycles.